The SMILES string of the molecule is COc1cccc(CCCCCCc2ccc(CNCCCO[P+](=O)O)c3ccccc23)c1. The minimum atomic E-state index is -2.50. The topological polar surface area (TPSA) is 67.8 Å². The molecule has 0 fully saturated rings. The summed E-state index contributed by atoms with van der Waals surface area (Å²) in [5.41, 5.74) is 4.05. The summed E-state index contributed by atoms with van der Waals surface area (Å²) in [6.45, 7) is 1.81. The van der Waals surface area contributed by atoms with Crippen LogP contribution in [0.25, 0.3) is 10.8 Å². The van der Waals surface area contributed by atoms with E-state index in [9.17, 15) is 4.57 Å². The van der Waals surface area contributed by atoms with Crippen molar-refractivity contribution in [3.8, 4) is 5.75 Å². The summed E-state index contributed by atoms with van der Waals surface area (Å²) in [6, 6.07) is 21.5. The van der Waals surface area contributed by atoms with Gasteiger partial charge in [0.05, 0.1) is 7.11 Å². The molecule has 0 spiro atoms. The number of unbranched alkanes of at least 4 members (excludes halogenated alkanes) is 3. The molecular weight excluding hydrogens is 433 g/mol. The normalized spacial score (nSPS) is 11.6. The first kappa shape index (κ1) is 25.3. The van der Waals surface area contributed by atoms with E-state index in [0.717, 1.165) is 31.7 Å². The van der Waals surface area contributed by atoms with Gasteiger partial charge in [0.25, 0.3) is 0 Å². The van der Waals surface area contributed by atoms with Crippen LogP contribution in [0.1, 0.15) is 48.8 Å². The smallest absolute Gasteiger partial charge is 0.497 e. The molecule has 0 aliphatic heterocycles. The highest BCUT2D eigenvalue weighted by atomic mass is 31.1. The molecule has 0 radical (unpaired) electrons. The fourth-order valence-electron chi connectivity index (χ4n) is 4.19. The summed E-state index contributed by atoms with van der Waals surface area (Å²) in [5.74, 6) is 0.937. The van der Waals surface area contributed by atoms with Gasteiger partial charge < -0.3 is 10.1 Å². The number of benzene rings is 3. The van der Waals surface area contributed by atoms with Gasteiger partial charge in [-0.1, -0.05) is 61.4 Å². The Labute approximate surface area is 198 Å². The van der Waals surface area contributed by atoms with Crippen LogP contribution in [0.3, 0.4) is 0 Å². The summed E-state index contributed by atoms with van der Waals surface area (Å²) in [7, 11) is -0.781. The van der Waals surface area contributed by atoms with Gasteiger partial charge in [-0.25, -0.2) is 0 Å². The number of hydrogen-bond donors (Lipinski definition) is 2. The van der Waals surface area contributed by atoms with Crippen LogP contribution in [0.5, 0.6) is 5.75 Å². The molecule has 0 aromatic heterocycles. The number of methoxy groups -OCH3 is 1. The van der Waals surface area contributed by atoms with Crippen molar-refractivity contribution < 1.29 is 18.7 Å². The monoisotopic (exact) mass is 468 g/mol. The Balaban J connectivity index is 1.44. The van der Waals surface area contributed by atoms with Crippen LogP contribution in [-0.4, -0.2) is 25.2 Å². The zero-order chi connectivity index (χ0) is 23.3. The van der Waals surface area contributed by atoms with Crippen LogP contribution in [-0.2, 0) is 28.5 Å². The zero-order valence-electron chi connectivity index (χ0n) is 19.5. The second-order valence-corrected chi connectivity index (χ2v) is 9.03. The van der Waals surface area contributed by atoms with Gasteiger partial charge in [-0.15, -0.1) is 9.42 Å². The van der Waals surface area contributed by atoms with E-state index in [4.69, 9.17) is 14.2 Å². The lowest BCUT2D eigenvalue weighted by atomic mass is 9.95. The molecule has 0 bridgehead atoms. The molecule has 0 heterocycles. The fraction of sp³-hybridized carbons (Fsp3) is 0.407. The summed E-state index contributed by atoms with van der Waals surface area (Å²) < 4.78 is 20.5. The Morgan fingerprint density at radius 2 is 1.58 bits per heavy atom. The predicted octanol–water partition coefficient (Wildman–Crippen LogP) is 6.34. The number of rotatable bonds is 15. The predicted molar refractivity (Wildman–Crippen MR) is 135 cm³/mol. The molecule has 3 aromatic rings. The Bertz CT molecular complexity index is 1020. The second kappa shape index (κ2) is 14.1. The Morgan fingerprint density at radius 3 is 2.33 bits per heavy atom. The van der Waals surface area contributed by atoms with Crippen LogP contribution in [0.2, 0.25) is 0 Å². The summed E-state index contributed by atoms with van der Waals surface area (Å²) in [4.78, 5) is 8.66. The number of aryl methyl sites for hydroxylation is 2. The molecular formula is C27H35NO4P+. The molecule has 5 nitrogen and oxygen atoms in total. The van der Waals surface area contributed by atoms with Gasteiger partial charge in [0.15, 0.2) is 0 Å². The average Bonchev–Trinajstić information content (AvgIpc) is 2.84. The fourth-order valence-corrected chi connectivity index (χ4v) is 4.47. The molecule has 3 aromatic carbocycles. The summed E-state index contributed by atoms with van der Waals surface area (Å²) in [5, 5.41) is 6.05. The molecule has 1 atom stereocenters. The molecule has 0 saturated carbocycles. The molecule has 0 amide bonds. The molecule has 2 N–H and O–H groups in total. The largest absolute Gasteiger partial charge is 0.694 e. The minimum absolute atomic E-state index is 0.290. The third kappa shape index (κ3) is 8.53. The van der Waals surface area contributed by atoms with E-state index < -0.39 is 8.25 Å². The van der Waals surface area contributed by atoms with Crippen molar-refractivity contribution in [2.45, 2.75) is 51.5 Å². The summed E-state index contributed by atoms with van der Waals surface area (Å²) in [6.07, 6.45) is 7.80. The van der Waals surface area contributed by atoms with E-state index in [-0.39, 0.29) is 6.61 Å². The van der Waals surface area contributed by atoms with Gasteiger partial charge in [0.2, 0.25) is 0 Å². The lowest BCUT2D eigenvalue weighted by Gasteiger charge is -2.12. The number of hydrogen-bond acceptors (Lipinski definition) is 4. The van der Waals surface area contributed by atoms with Crippen LogP contribution < -0.4 is 10.1 Å². The highest BCUT2D eigenvalue weighted by Crippen LogP contribution is 2.25. The van der Waals surface area contributed by atoms with Gasteiger partial charge in [-0.05, 0) is 78.2 Å². The molecule has 0 aliphatic rings. The minimum Gasteiger partial charge on any atom is -0.497 e. The molecule has 0 aliphatic carbocycles. The molecule has 6 heteroatoms. The van der Waals surface area contributed by atoms with Gasteiger partial charge in [0.1, 0.15) is 12.4 Å². The van der Waals surface area contributed by atoms with Gasteiger partial charge in [0, 0.05) is 11.1 Å². The Kier molecular flexibility index (Phi) is 10.8. The van der Waals surface area contributed by atoms with Crippen LogP contribution in [0, 0.1) is 0 Å². The first-order valence-corrected chi connectivity index (χ1v) is 12.9. The van der Waals surface area contributed by atoms with Crippen LogP contribution >= 0.6 is 8.25 Å². The van der Waals surface area contributed by atoms with Crippen molar-refractivity contribution in [3.05, 3.63) is 77.4 Å². The molecule has 1 unspecified atom stereocenters. The average molecular weight is 469 g/mol. The van der Waals surface area contributed by atoms with E-state index >= 15 is 0 Å². The maximum Gasteiger partial charge on any atom is 0.694 e. The number of fused-ring (bicyclic) bond motifs is 1. The first-order chi connectivity index (χ1) is 16.2. The highest BCUT2D eigenvalue weighted by Gasteiger charge is 2.10. The van der Waals surface area contributed by atoms with Crippen LogP contribution in [0.15, 0.2) is 60.7 Å². The zero-order valence-corrected chi connectivity index (χ0v) is 20.4. The number of ether oxygens (including phenoxy) is 1. The van der Waals surface area contributed by atoms with Crippen LogP contribution in [0.4, 0.5) is 0 Å². The number of nitrogens with one attached hydrogen (secondary N) is 1. The van der Waals surface area contributed by atoms with Gasteiger partial charge in [-0.2, -0.15) is 0 Å². The lowest BCUT2D eigenvalue weighted by molar-refractivity contribution is 0.276. The third-order valence-corrected chi connectivity index (χ3v) is 6.32. The van der Waals surface area contributed by atoms with Gasteiger partial charge in [-0.3, -0.25) is 0 Å². The lowest BCUT2D eigenvalue weighted by Crippen LogP contribution is -2.16. The van der Waals surface area contributed by atoms with Crippen molar-refractivity contribution in [2.24, 2.45) is 0 Å². The van der Waals surface area contributed by atoms with Gasteiger partial charge >= 0.3 is 8.25 Å². The van der Waals surface area contributed by atoms with E-state index in [1.54, 1.807) is 7.11 Å². The maximum absolute atomic E-state index is 10.5. The molecule has 33 heavy (non-hydrogen) atoms. The van der Waals surface area contributed by atoms with E-state index in [1.807, 2.05) is 6.07 Å². The van der Waals surface area contributed by atoms with E-state index in [2.05, 4.69) is 59.9 Å². The van der Waals surface area contributed by atoms with Crippen molar-refractivity contribution in [1.29, 1.82) is 0 Å². The second-order valence-electron chi connectivity index (χ2n) is 8.30. The maximum atomic E-state index is 10.5. The standard InChI is InChI=1S/C27H34NO4P/c1-31-25-13-8-11-22(20-25)10-4-2-3-5-12-23-16-17-24(27-15-7-6-14-26(23)27)21-28-18-9-19-32-33(29)30/h6-8,11,13-17,20,28H,2-5,9-10,12,18-19,21H2,1H3/p+1. The Morgan fingerprint density at radius 1 is 0.848 bits per heavy atom. The highest BCUT2D eigenvalue weighted by molar-refractivity contribution is 7.32. The molecule has 176 valence electrons. The third-order valence-electron chi connectivity index (χ3n) is 5.92. The quantitative estimate of drug-likeness (QED) is 0.201. The van der Waals surface area contributed by atoms with E-state index in [1.165, 1.54) is 53.1 Å². The molecule has 0 saturated heterocycles. The van der Waals surface area contributed by atoms with E-state index in [0.29, 0.717) is 6.42 Å². The Hall–Kier alpha value is -2.30. The first-order valence-electron chi connectivity index (χ1n) is 11.8. The van der Waals surface area contributed by atoms with Crippen molar-refractivity contribution in [3.63, 3.8) is 0 Å². The molecule has 3 rings (SSSR count). The van der Waals surface area contributed by atoms with Crippen molar-refractivity contribution in [2.75, 3.05) is 20.3 Å². The summed E-state index contributed by atoms with van der Waals surface area (Å²) >= 11 is 0. The van der Waals surface area contributed by atoms with Crippen molar-refractivity contribution >= 4 is 19.0 Å². The van der Waals surface area contributed by atoms with Crippen molar-refractivity contribution in [1.82, 2.24) is 5.32 Å².